The first-order valence-electron chi connectivity index (χ1n) is 5.50. The SMILES string of the molecule is CC(=O)c1c(C)nsc1NC1CCN(C)C1. The van der Waals surface area contributed by atoms with Crippen LogP contribution in [0.25, 0.3) is 0 Å². The van der Waals surface area contributed by atoms with E-state index in [1.54, 1.807) is 6.92 Å². The number of rotatable bonds is 3. The summed E-state index contributed by atoms with van der Waals surface area (Å²) in [5.41, 5.74) is 1.60. The molecule has 1 fully saturated rings. The molecular formula is C11H17N3OS. The molecule has 1 aromatic heterocycles. The number of likely N-dealkylation sites (tertiary alicyclic amines) is 1. The Kier molecular flexibility index (Phi) is 3.25. The van der Waals surface area contributed by atoms with Gasteiger partial charge in [0.15, 0.2) is 5.78 Å². The molecule has 1 N–H and O–H groups in total. The van der Waals surface area contributed by atoms with Crippen molar-refractivity contribution in [1.82, 2.24) is 9.27 Å². The molecule has 0 spiro atoms. The van der Waals surface area contributed by atoms with E-state index in [1.165, 1.54) is 11.5 Å². The number of nitrogens with zero attached hydrogens (tertiary/aromatic N) is 2. The molecule has 0 amide bonds. The highest BCUT2D eigenvalue weighted by atomic mass is 32.1. The van der Waals surface area contributed by atoms with Gasteiger partial charge < -0.3 is 10.2 Å². The van der Waals surface area contributed by atoms with Crippen LogP contribution in [0.3, 0.4) is 0 Å². The van der Waals surface area contributed by atoms with Gasteiger partial charge in [0.25, 0.3) is 0 Å². The van der Waals surface area contributed by atoms with Gasteiger partial charge in [-0.1, -0.05) is 0 Å². The summed E-state index contributed by atoms with van der Waals surface area (Å²) in [6.07, 6.45) is 1.13. The highest BCUT2D eigenvalue weighted by Crippen LogP contribution is 2.27. The largest absolute Gasteiger partial charge is 0.371 e. The molecule has 0 aromatic carbocycles. The maximum Gasteiger partial charge on any atom is 0.164 e. The maximum atomic E-state index is 11.5. The van der Waals surface area contributed by atoms with Crippen molar-refractivity contribution in [2.75, 3.05) is 25.5 Å². The molecule has 5 heteroatoms. The first kappa shape index (κ1) is 11.5. The van der Waals surface area contributed by atoms with E-state index in [-0.39, 0.29) is 5.78 Å². The molecule has 4 nitrogen and oxygen atoms in total. The van der Waals surface area contributed by atoms with Crippen molar-refractivity contribution in [3.8, 4) is 0 Å². The number of hydrogen-bond donors (Lipinski definition) is 1. The minimum atomic E-state index is 0.0973. The quantitative estimate of drug-likeness (QED) is 0.817. The summed E-state index contributed by atoms with van der Waals surface area (Å²) < 4.78 is 4.24. The molecule has 1 aliphatic rings. The Balaban J connectivity index is 2.12. The third-order valence-corrected chi connectivity index (χ3v) is 3.81. The lowest BCUT2D eigenvalue weighted by Crippen LogP contribution is -2.23. The van der Waals surface area contributed by atoms with Gasteiger partial charge in [-0.05, 0) is 45.4 Å². The second kappa shape index (κ2) is 4.51. The normalized spacial score (nSPS) is 21.3. The van der Waals surface area contributed by atoms with Crippen molar-refractivity contribution >= 4 is 22.3 Å². The van der Waals surface area contributed by atoms with Crippen LogP contribution < -0.4 is 5.32 Å². The van der Waals surface area contributed by atoms with E-state index < -0.39 is 0 Å². The molecule has 16 heavy (non-hydrogen) atoms. The van der Waals surface area contributed by atoms with Crippen LogP contribution in [-0.2, 0) is 0 Å². The average Bonchev–Trinajstić information content (AvgIpc) is 2.74. The minimum Gasteiger partial charge on any atom is -0.371 e. The van der Waals surface area contributed by atoms with Crippen molar-refractivity contribution < 1.29 is 4.79 Å². The Morgan fingerprint density at radius 1 is 1.62 bits per heavy atom. The van der Waals surface area contributed by atoms with Crippen LogP contribution in [0.4, 0.5) is 5.00 Å². The van der Waals surface area contributed by atoms with Crippen molar-refractivity contribution in [2.45, 2.75) is 26.3 Å². The predicted molar refractivity (Wildman–Crippen MR) is 66.4 cm³/mol. The van der Waals surface area contributed by atoms with E-state index in [0.717, 1.165) is 35.8 Å². The van der Waals surface area contributed by atoms with Crippen molar-refractivity contribution in [2.24, 2.45) is 0 Å². The van der Waals surface area contributed by atoms with Gasteiger partial charge in [0.1, 0.15) is 5.00 Å². The van der Waals surface area contributed by atoms with Crippen LogP contribution in [0.1, 0.15) is 29.4 Å². The molecule has 0 bridgehead atoms. The molecule has 2 heterocycles. The smallest absolute Gasteiger partial charge is 0.164 e. The lowest BCUT2D eigenvalue weighted by atomic mass is 10.1. The zero-order chi connectivity index (χ0) is 11.7. The number of anilines is 1. The van der Waals surface area contributed by atoms with Gasteiger partial charge in [-0.3, -0.25) is 4.79 Å². The molecule has 2 rings (SSSR count). The van der Waals surface area contributed by atoms with Gasteiger partial charge >= 0.3 is 0 Å². The number of nitrogens with one attached hydrogen (secondary N) is 1. The van der Waals surface area contributed by atoms with Crippen molar-refractivity contribution in [1.29, 1.82) is 0 Å². The number of aryl methyl sites for hydroxylation is 1. The number of carbonyl (C=O) groups excluding carboxylic acids is 1. The third-order valence-electron chi connectivity index (χ3n) is 2.94. The average molecular weight is 239 g/mol. The summed E-state index contributed by atoms with van der Waals surface area (Å²) in [6.45, 7) is 5.64. The third kappa shape index (κ3) is 2.25. The fraction of sp³-hybridized carbons (Fsp3) is 0.636. The van der Waals surface area contributed by atoms with E-state index in [0.29, 0.717) is 6.04 Å². The van der Waals surface area contributed by atoms with Crippen molar-refractivity contribution in [3.63, 3.8) is 0 Å². The van der Waals surface area contributed by atoms with Crippen LogP contribution in [0, 0.1) is 6.92 Å². The van der Waals surface area contributed by atoms with Crippen LogP contribution >= 0.6 is 11.5 Å². The van der Waals surface area contributed by atoms with E-state index in [9.17, 15) is 4.79 Å². The lowest BCUT2D eigenvalue weighted by molar-refractivity contribution is 0.101. The number of likely N-dealkylation sites (N-methyl/N-ethyl adjacent to an activating group) is 1. The predicted octanol–water partition coefficient (Wildman–Crippen LogP) is 1.77. The zero-order valence-corrected chi connectivity index (χ0v) is 10.7. The summed E-state index contributed by atoms with van der Waals surface area (Å²) in [4.78, 5) is 13.8. The molecule has 88 valence electrons. The molecule has 1 aliphatic heterocycles. The van der Waals surface area contributed by atoms with E-state index >= 15 is 0 Å². The Morgan fingerprint density at radius 3 is 2.94 bits per heavy atom. The molecule has 0 aliphatic carbocycles. The summed E-state index contributed by atoms with van der Waals surface area (Å²) in [6, 6.07) is 0.447. The molecule has 1 unspecified atom stereocenters. The summed E-state index contributed by atoms with van der Waals surface area (Å²) in [5.74, 6) is 0.0973. The number of carbonyl (C=O) groups is 1. The van der Waals surface area contributed by atoms with E-state index in [1.807, 2.05) is 6.92 Å². The van der Waals surface area contributed by atoms with Crippen LogP contribution in [0.15, 0.2) is 0 Å². The van der Waals surface area contributed by atoms with Gasteiger partial charge in [-0.25, -0.2) is 0 Å². The topological polar surface area (TPSA) is 45.2 Å². The van der Waals surface area contributed by atoms with Crippen LogP contribution in [-0.4, -0.2) is 41.2 Å². The fourth-order valence-electron chi connectivity index (χ4n) is 2.12. The van der Waals surface area contributed by atoms with Gasteiger partial charge in [0, 0.05) is 12.6 Å². The number of ketones is 1. The van der Waals surface area contributed by atoms with Gasteiger partial charge in [0.05, 0.1) is 11.3 Å². The summed E-state index contributed by atoms with van der Waals surface area (Å²) >= 11 is 1.39. The van der Waals surface area contributed by atoms with Crippen LogP contribution in [0.5, 0.6) is 0 Å². The second-order valence-corrected chi connectivity index (χ2v) is 5.19. The van der Waals surface area contributed by atoms with Crippen LogP contribution in [0.2, 0.25) is 0 Å². The molecule has 0 radical (unpaired) electrons. The number of hydrogen-bond acceptors (Lipinski definition) is 5. The molecule has 1 saturated heterocycles. The number of aromatic nitrogens is 1. The van der Waals surface area contributed by atoms with Gasteiger partial charge in [-0.2, -0.15) is 4.37 Å². The minimum absolute atomic E-state index is 0.0973. The first-order chi connectivity index (χ1) is 7.58. The van der Waals surface area contributed by atoms with Gasteiger partial charge in [-0.15, -0.1) is 0 Å². The molecule has 1 atom stereocenters. The second-order valence-electron chi connectivity index (χ2n) is 4.42. The van der Waals surface area contributed by atoms with Gasteiger partial charge in [0.2, 0.25) is 0 Å². The highest BCUT2D eigenvalue weighted by molar-refractivity contribution is 7.10. The first-order valence-corrected chi connectivity index (χ1v) is 6.27. The fourth-order valence-corrected chi connectivity index (χ4v) is 3.04. The lowest BCUT2D eigenvalue weighted by Gasteiger charge is -2.13. The molecular weight excluding hydrogens is 222 g/mol. The summed E-state index contributed by atoms with van der Waals surface area (Å²) in [5, 5.41) is 4.37. The summed E-state index contributed by atoms with van der Waals surface area (Å²) in [7, 11) is 2.12. The zero-order valence-electron chi connectivity index (χ0n) is 9.91. The van der Waals surface area contributed by atoms with E-state index in [2.05, 4.69) is 21.6 Å². The van der Waals surface area contributed by atoms with Crippen molar-refractivity contribution in [3.05, 3.63) is 11.3 Å². The highest BCUT2D eigenvalue weighted by Gasteiger charge is 2.22. The maximum absolute atomic E-state index is 11.5. The van der Waals surface area contributed by atoms with E-state index in [4.69, 9.17) is 0 Å². The Labute approximate surface area is 99.8 Å². The Morgan fingerprint density at radius 2 is 2.38 bits per heavy atom. The molecule has 0 saturated carbocycles. The Hall–Kier alpha value is -0.940. The molecule has 1 aromatic rings. The Bertz CT molecular complexity index is 402. The standard InChI is InChI=1S/C11H17N3OS/c1-7-10(8(2)15)11(16-13-7)12-9-4-5-14(3)6-9/h9,12H,4-6H2,1-3H3. The monoisotopic (exact) mass is 239 g/mol. The number of Topliss-reactive ketones (excluding diaryl/α,β-unsaturated/α-hetero) is 1.